The molecule has 0 N–H and O–H groups in total. The topological polar surface area (TPSA) is 60.9 Å². The highest BCUT2D eigenvalue weighted by molar-refractivity contribution is 6.20. The molecule has 6 heteroatoms. The van der Waals surface area contributed by atoms with Gasteiger partial charge in [0.1, 0.15) is 11.2 Å². The molecular formula is C42H26N6. The number of nitrogens with zero attached hydrogens (tertiary/aromatic N) is 6. The molecule has 48 heavy (non-hydrogen) atoms. The lowest BCUT2D eigenvalue weighted by Crippen LogP contribution is -2.06. The van der Waals surface area contributed by atoms with Crippen LogP contribution in [0.4, 0.5) is 0 Å². The van der Waals surface area contributed by atoms with Gasteiger partial charge in [-0.25, -0.2) is 9.97 Å². The van der Waals surface area contributed by atoms with Gasteiger partial charge >= 0.3 is 0 Å². The summed E-state index contributed by atoms with van der Waals surface area (Å²) in [6.45, 7) is 0. The van der Waals surface area contributed by atoms with Crippen LogP contribution in [0.3, 0.4) is 0 Å². The second-order valence-electron chi connectivity index (χ2n) is 11.9. The molecule has 0 aliphatic rings. The fraction of sp³-hybridized carbons (Fsp3) is 0. The number of fused-ring (bicyclic) bond motifs is 10. The third-order valence-electron chi connectivity index (χ3n) is 9.16. The summed E-state index contributed by atoms with van der Waals surface area (Å²) in [6, 6.07) is 54.4. The third-order valence-corrected chi connectivity index (χ3v) is 9.16. The Balaban J connectivity index is 1.36. The average Bonchev–Trinajstić information content (AvgIpc) is 3.71. The van der Waals surface area contributed by atoms with Gasteiger partial charge in [-0.3, -0.25) is 8.97 Å². The van der Waals surface area contributed by atoms with E-state index in [4.69, 9.17) is 19.9 Å². The molecule has 0 atom stereocenters. The van der Waals surface area contributed by atoms with Crippen molar-refractivity contribution in [2.45, 2.75) is 0 Å². The Morgan fingerprint density at radius 2 is 0.917 bits per heavy atom. The summed E-state index contributed by atoms with van der Waals surface area (Å²) >= 11 is 0. The second-order valence-corrected chi connectivity index (χ2v) is 11.9. The first-order chi connectivity index (χ1) is 23.8. The van der Waals surface area contributed by atoms with Crippen LogP contribution < -0.4 is 0 Å². The number of para-hydroxylation sites is 1. The van der Waals surface area contributed by atoms with Gasteiger partial charge in [-0.1, -0.05) is 146 Å². The third kappa shape index (κ3) is 3.93. The maximum absolute atomic E-state index is 5.44. The van der Waals surface area contributed by atoms with Crippen molar-refractivity contribution in [1.29, 1.82) is 0 Å². The van der Waals surface area contributed by atoms with Crippen LogP contribution in [-0.2, 0) is 0 Å². The molecule has 4 heterocycles. The summed E-state index contributed by atoms with van der Waals surface area (Å²) in [4.78, 5) is 20.6. The van der Waals surface area contributed by atoms with Crippen molar-refractivity contribution in [2.75, 3.05) is 0 Å². The van der Waals surface area contributed by atoms with E-state index in [2.05, 4.69) is 106 Å². The van der Waals surface area contributed by atoms with Gasteiger partial charge in [0.15, 0.2) is 17.3 Å². The van der Waals surface area contributed by atoms with Gasteiger partial charge in [0, 0.05) is 27.3 Å². The fourth-order valence-electron chi connectivity index (χ4n) is 7.07. The zero-order valence-electron chi connectivity index (χ0n) is 25.7. The summed E-state index contributed by atoms with van der Waals surface area (Å²) < 4.78 is 4.43. The highest BCUT2D eigenvalue weighted by atomic mass is 15.2. The lowest BCUT2D eigenvalue weighted by atomic mass is 9.96. The minimum absolute atomic E-state index is 0.524. The molecule has 0 bridgehead atoms. The van der Waals surface area contributed by atoms with E-state index in [9.17, 15) is 0 Å². The zero-order chi connectivity index (χ0) is 31.6. The molecule has 0 radical (unpaired) electrons. The summed E-state index contributed by atoms with van der Waals surface area (Å²) in [5.41, 5.74) is 9.00. The smallest absolute Gasteiger partial charge is 0.240 e. The van der Waals surface area contributed by atoms with E-state index in [0.29, 0.717) is 17.6 Å². The molecule has 4 aromatic heterocycles. The van der Waals surface area contributed by atoms with Crippen LogP contribution in [0.1, 0.15) is 0 Å². The highest BCUT2D eigenvalue weighted by Gasteiger charge is 2.24. The van der Waals surface area contributed by atoms with Gasteiger partial charge in [0.05, 0.1) is 11.0 Å². The van der Waals surface area contributed by atoms with E-state index < -0.39 is 0 Å². The number of pyridine rings is 1. The predicted molar refractivity (Wildman–Crippen MR) is 194 cm³/mol. The molecule has 0 saturated heterocycles. The SMILES string of the molecule is c1ccc(-c2nc(-c3ccccc3)nc(-n3c4ccccc4c4c3nc3c5ccccc5c5c(-c6ccccc6)cccc5n34)n2)cc1. The van der Waals surface area contributed by atoms with Crippen LogP contribution in [-0.4, -0.2) is 28.9 Å². The maximum Gasteiger partial charge on any atom is 0.240 e. The first-order valence-electron chi connectivity index (χ1n) is 16.0. The Bertz CT molecular complexity index is 2760. The Labute approximate surface area is 275 Å². The molecule has 0 saturated carbocycles. The Morgan fingerprint density at radius 1 is 0.375 bits per heavy atom. The van der Waals surface area contributed by atoms with Crippen LogP contribution in [0.15, 0.2) is 158 Å². The van der Waals surface area contributed by atoms with Gasteiger partial charge < -0.3 is 0 Å². The average molecular weight is 615 g/mol. The molecule has 10 rings (SSSR count). The summed E-state index contributed by atoms with van der Waals surface area (Å²) in [5.74, 6) is 1.74. The summed E-state index contributed by atoms with van der Waals surface area (Å²) in [7, 11) is 0. The van der Waals surface area contributed by atoms with Crippen molar-refractivity contribution >= 4 is 49.4 Å². The maximum atomic E-state index is 5.44. The Morgan fingerprint density at radius 3 is 1.58 bits per heavy atom. The standard InChI is InChI=1S/C42H26N6/c1-4-15-27(16-5-1)30-24-14-26-35-36(30)31-21-10-11-22-32(31)40-46-41-37(47(35)40)33-23-12-13-25-34(33)48(41)42-44-38(28-17-6-2-7-18-28)43-39(45-42)29-19-8-3-9-20-29/h1-26H. The van der Waals surface area contributed by atoms with Gasteiger partial charge in [-0.15, -0.1) is 0 Å². The number of benzene rings is 6. The molecule has 6 aromatic carbocycles. The molecule has 10 aromatic rings. The quantitative estimate of drug-likeness (QED) is 0.185. The predicted octanol–water partition coefficient (Wildman–Crippen LogP) is 9.92. The fourth-order valence-corrected chi connectivity index (χ4v) is 7.07. The molecular weight excluding hydrogens is 589 g/mol. The molecule has 0 amide bonds. The number of imidazole rings is 1. The molecule has 6 nitrogen and oxygen atoms in total. The van der Waals surface area contributed by atoms with Gasteiger partial charge in [0.2, 0.25) is 5.95 Å². The minimum atomic E-state index is 0.524. The molecule has 0 fully saturated rings. The van der Waals surface area contributed by atoms with Crippen LogP contribution in [0.25, 0.3) is 89.2 Å². The van der Waals surface area contributed by atoms with Crippen LogP contribution in [0, 0.1) is 0 Å². The monoisotopic (exact) mass is 614 g/mol. The molecule has 0 unspecified atom stereocenters. The van der Waals surface area contributed by atoms with Crippen LogP contribution in [0.2, 0.25) is 0 Å². The Kier molecular flexibility index (Phi) is 5.77. The zero-order valence-corrected chi connectivity index (χ0v) is 25.7. The van der Waals surface area contributed by atoms with Crippen molar-refractivity contribution in [3.05, 3.63) is 158 Å². The van der Waals surface area contributed by atoms with Gasteiger partial charge in [-0.05, 0) is 28.6 Å². The first-order valence-corrected chi connectivity index (χ1v) is 16.0. The lowest BCUT2D eigenvalue weighted by Gasteiger charge is -2.13. The van der Waals surface area contributed by atoms with Crippen molar-refractivity contribution < 1.29 is 0 Å². The van der Waals surface area contributed by atoms with E-state index in [1.807, 2.05) is 60.7 Å². The van der Waals surface area contributed by atoms with Crippen molar-refractivity contribution in [3.8, 4) is 39.9 Å². The first kappa shape index (κ1) is 26.5. The molecule has 224 valence electrons. The number of rotatable bonds is 4. The number of aromatic nitrogens is 6. The van der Waals surface area contributed by atoms with Crippen molar-refractivity contribution in [3.63, 3.8) is 0 Å². The van der Waals surface area contributed by atoms with Crippen LogP contribution >= 0.6 is 0 Å². The number of hydrogen-bond acceptors (Lipinski definition) is 4. The minimum Gasteiger partial charge on any atom is -0.289 e. The van der Waals surface area contributed by atoms with E-state index in [1.165, 1.54) is 21.9 Å². The molecule has 0 aliphatic carbocycles. The van der Waals surface area contributed by atoms with Crippen molar-refractivity contribution in [1.82, 2.24) is 28.9 Å². The van der Waals surface area contributed by atoms with E-state index >= 15 is 0 Å². The van der Waals surface area contributed by atoms with Gasteiger partial charge in [-0.2, -0.15) is 9.97 Å². The molecule has 0 spiro atoms. The summed E-state index contributed by atoms with van der Waals surface area (Å²) in [6.07, 6.45) is 0. The van der Waals surface area contributed by atoms with Crippen LogP contribution in [0.5, 0.6) is 0 Å². The van der Waals surface area contributed by atoms with E-state index in [1.54, 1.807) is 0 Å². The summed E-state index contributed by atoms with van der Waals surface area (Å²) in [5, 5.41) is 4.53. The number of hydrogen-bond donors (Lipinski definition) is 0. The van der Waals surface area contributed by atoms with Gasteiger partial charge in [0.25, 0.3) is 0 Å². The van der Waals surface area contributed by atoms with Crippen molar-refractivity contribution in [2.24, 2.45) is 0 Å². The van der Waals surface area contributed by atoms with E-state index in [-0.39, 0.29) is 0 Å². The van der Waals surface area contributed by atoms with E-state index in [0.717, 1.165) is 49.7 Å². The lowest BCUT2D eigenvalue weighted by molar-refractivity contribution is 0.947. The Hall–Kier alpha value is -6.66. The largest absolute Gasteiger partial charge is 0.289 e. The normalized spacial score (nSPS) is 11.8. The highest BCUT2D eigenvalue weighted by Crippen LogP contribution is 2.40. The molecule has 0 aliphatic heterocycles. The second kappa shape index (κ2) is 10.4.